The summed E-state index contributed by atoms with van der Waals surface area (Å²) >= 11 is 1.77. The molecule has 0 atom stereocenters. The summed E-state index contributed by atoms with van der Waals surface area (Å²) in [5, 5.41) is 13.9. The second-order valence-electron chi connectivity index (χ2n) is 14.3. The number of hydrogen-bond donors (Lipinski definition) is 0. The van der Waals surface area contributed by atoms with Crippen LogP contribution in [0.15, 0.2) is 186 Å². The fourth-order valence-electron chi connectivity index (χ4n) is 7.97. The first-order valence-corrected chi connectivity index (χ1v) is 19.9. The highest BCUT2D eigenvalue weighted by Crippen LogP contribution is 2.41. The number of fused-ring (bicyclic) bond motifs is 6. The number of aromatic nitrogens is 3. The molecular weight excluding hydrogens is 729 g/mol. The van der Waals surface area contributed by atoms with Crippen LogP contribution in [0.25, 0.3) is 110 Å². The van der Waals surface area contributed by atoms with E-state index in [0.717, 1.165) is 66.3 Å². The van der Waals surface area contributed by atoms with Crippen molar-refractivity contribution in [2.45, 2.75) is 0 Å². The maximum absolute atomic E-state index is 9.47. The summed E-state index contributed by atoms with van der Waals surface area (Å²) < 4.78 is 8.98. The van der Waals surface area contributed by atoms with E-state index < -0.39 is 0 Å². The fraction of sp³-hybridized carbons (Fsp3) is 0. The third kappa shape index (κ3) is 5.81. The first kappa shape index (κ1) is 33.6. The highest BCUT2D eigenvalue weighted by molar-refractivity contribution is 7.25. The first-order valence-electron chi connectivity index (χ1n) is 19.1. The number of thiophene rings is 1. The highest BCUT2D eigenvalue weighted by Gasteiger charge is 2.19. The van der Waals surface area contributed by atoms with E-state index in [1.807, 2.05) is 54.6 Å². The lowest BCUT2D eigenvalue weighted by atomic mass is 9.96. The van der Waals surface area contributed by atoms with Crippen LogP contribution in [0, 0.1) is 11.3 Å². The van der Waals surface area contributed by atoms with E-state index in [1.54, 1.807) is 11.3 Å². The molecule has 0 spiro atoms. The highest BCUT2D eigenvalue weighted by atomic mass is 32.1. The number of nitrogens with zero attached hydrogens (tertiary/aromatic N) is 4. The molecule has 0 aliphatic heterocycles. The molecule has 0 saturated heterocycles. The van der Waals surface area contributed by atoms with Crippen LogP contribution in [0.5, 0.6) is 0 Å². The van der Waals surface area contributed by atoms with E-state index in [-0.39, 0.29) is 0 Å². The van der Waals surface area contributed by atoms with Gasteiger partial charge in [0.15, 0.2) is 17.5 Å². The summed E-state index contributed by atoms with van der Waals surface area (Å²) in [5.74, 6) is 1.73. The maximum atomic E-state index is 9.47. The molecule has 0 aliphatic rings. The Kier molecular flexibility index (Phi) is 7.99. The van der Waals surface area contributed by atoms with E-state index >= 15 is 0 Å². The molecule has 0 unspecified atom stereocenters. The molecule has 0 amide bonds. The minimum Gasteiger partial charge on any atom is -0.456 e. The van der Waals surface area contributed by atoms with Gasteiger partial charge in [-0.2, -0.15) is 5.26 Å². The quantitative estimate of drug-likeness (QED) is 0.169. The van der Waals surface area contributed by atoms with Crippen molar-refractivity contribution in [2.75, 3.05) is 0 Å². The molecule has 6 heteroatoms. The zero-order chi connectivity index (χ0) is 38.6. The van der Waals surface area contributed by atoms with Gasteiger partial charge in [-0.05, 0) is 75.8 Å². The van der Waals surface area contributed by atoms with Crippen LogP contribution in [-0.2, 0) is 0 Å². The zero-order valence-corrected chi connectivity index (χ0v) is 31.7. The van der Waals surface area contributed by atoms with Gasteiger partial charge >= 0.3 is 0 Å². The van der Waals surface area contributed by atoms with Crippen LogP contribution < -0.4 is 0 Å². The molecule has 0 fully saturated rings. The summed E-state index contributed by atoms with van der Waals surface area (Å²) in [5.41, 5.74) is 11.5. The smallest absolute Gasteiger partial charge is 0.164 e. The van der Waals surface area contributed by atoms with E-state index in [2.05, 4.69) is 133 Å². The molecule has 0 radical (unpaired) electrons. The average Bonchev–Trinajstić information content (AvgIpc) is 3.88. The van der Waals surface area contributed by atoms with Crippen molar-refractivity contribution in [3.63, 3.8) is 0 Å². The van der Waals surface area contributed by atoms with Crippen molar-refractivity contribution in [2.24, 2.45) is 0 Å². The Morgan fingerprint density at radius 2 is 1.00 bits per heavy atom. The molecule has 0 aliphatic carbocycles. The lowest BCUT2D eigenvalue weighted by Gasteiger charge is -2.10. The third-order valence-electron chi connectivity index (χ3n) is 10.8. The van der Waals surface area contributed by atoms with E-state index in [0.29, 0.717) is 23.0 Å². The number of nitriles is 1. The topological polar surface area (TPSA) is 75.6 Å². The van der Waals surface area contributed by atoms with Crippen LogP contribution in [0.4, 0.5) is 0 Å². The minimum absolute atomic E-state index is 0.557. The van der Waals surface area contributed by atoms with Gasteiger partial charge in [0, 0.05) is 47.6 Å². The predicted octanol–water partition coefficient (Wildman–Crippen LogP) is 14.0. The van der Waals surface area contributed by atoms with Gasteiger partial charge in [-0.1, -0.05) is 140 Å². The maximum Gasteiger partial charge on any atom is 0.164 e. The second-order valence-corrected chi connectivity index (χ2v) is 15.4. The zero-order valence-electron chi connectivity index (χ0n) is 30.9. The van der Waals surface area contributed by atoms with Crippen molar-refractivity contribution in [1.82, 2.24) is 15.0 Å². The molecule has 0 bridgehead atoms. The van der Waals surface area contributed by atoms with Gasteiger partial charge in [-0.3, -0.25) is 0 Å². The van der Waals surface area contributed by atoms with Gasteiger partial charge in [-0.25, -0.2) is 15.0 Å². The van der Waals surface area contributed by atoms with Gasteiger partial charge in [0.05, 0.1) is 11.6 Å². The normalized spacial score (nSPS) is 11.4. The molecular formula is C52H30N4OS. The molecule has 11 aromatic rings. The Labute approximate surface area is 337 Å². The number of rotatable bonds is 6. The standard InChI is InChI=1S/C52H30N4OS/c53-31-32-9-6-12-38(29-32)35-21-25-37(26-22-35)50-54-51(56-52(55-50)43-15-8-18-47-49(43)42-13-4-5-17-46(42)58-47)39-27-28-41-45(30-39)57-44-16-7-14-40(48(41)44)36-23-19-34(20-24-36)33-10-2-1-3-11-33/h1-30H. The SMILES string of the molecule is N#Cc1cccc(-c2ccc(-c3nc(-c4ccc5c(c4)oc4cccc(-c6ccc(-c7ccccc7)cc6)c45)nc(-c4cccc5sc6ccccc6c45)n3)cc2)c1. The van der Waals surface area contributed by atoms with Crippen LogP contribution >= 0.6 is 11.3 Å². The average molecular weight is 759 g/mol. The summed E-state index contributed by atoms with van der Waals surface area (Å²) in [6.45, 7) is 0. The molecule has 3 heterocycles. The van der Waals surface area contributed by atoms with Crippen LogP contribution in [0.2, 0.25) is 0 Å². The molecule has 0 N–H and O–H groups in total. The predicted molar refractivity (Wildman–Crippen MR) is 237 cm³/mol. The van der Waals surface area contributed by atoms with Crippen molar-refractivity contribution in [3.8, 4) is 73.6 Å². The van der Waals surface area contributed by atoms with Crippen molar-refractivity contribution in [1.29, 1.82) is 5.26 Å². The lowest BCUT2D eigenvalue weighted by Crippen LogP contribution is -2.00. The molecule has 270 valence electrons. The molecule has 11 rings (SSSR count). The Balaban J connectivity index is 1.05. The van der Waals surface area contributed by atoms with Gasteiger partial charge in [-0.15, -0.1) is 11.3 Å². The molecule has 0 saturated carbocycles. The van der Waals surface area contributed by atoms with E-state index in [4.69, 9.17) is 19.4 Å². The second kappa shape index (κ2) is 13.8. The lowest BCUT2D eigenvalue weighted by molar-refractivity contribution is 0.669. The monoisotopic (exact) mass is 758 g/mol. The Morgan fingerprint density at radius 1 is 0.397 bits per heavy atom. The van der Waals surface area contributed by atoms with Gasteiger partial charge in [0.1, 0.15) is 11.2 Å². The van der Waals surface area contributed by atoms with Crippen molar-refractivity contribution in [3.05, 3.63) is 188 Å². The van der Waals surface area contributed by atoms with E-state index in [9.17, 15) is 5.26 Å². The molecule has 58 heavy (non-hydrogen) atoms. The first-order chi connectivity index (χ1) is 28.7. The molecule has 3 aromatic heterocycles. The number of benzene rings is 8. The Morgan fingerprint density at radius 3 is 1.83 bits per heavy atom. The van der Waals surface area contributed by atoms with Gasteiger partial charge in [0.2, 0.25) is 0 Å². The Bertz CT molecular complexity index is 3400. The van der Waals surface area contributed by atoms with Gasteiger partial charge < -0.3 is 4.42 Å². The molecule has 5 nitrogen and oxygen atoms in total. The number of hydrogen-bond acceptors (Lipinski definition) is 6. The largest absolute Gasteiger partial charge is 0.456 e. The van der Waals surface area contributed by atoms with Gasteiger partial charge in [0.25, 0.3) is 0 Å². The third-order valence-corrected chi connectivity index (χ3v) is 11.9. The van der Waals surface area contributed by atoms with Crippen LogP contribution in [0.1, 0.15) is 5.56 Å². The summed E-state index contributed by atoms with van der Waals surface area (Å²) in [6, 6.07) is 64.6. The van der Waals surface area contributed by atoms with Crippen molar-refractivity contribution >= 4 is 53.4 Å². The summed E-state index contributed by atoms with van der Waals surface area (Å²) in [6.07, 6.45) is 0. The summed E-state index contributed by atoms with van der Waals surface area (Å²) in [4.78, 5) is 15.5. The van der Waals surface area contributed by atoms with Crippen molar-refractivity contribution < 1.29 is 4.42 Å². The van der Waals surface area contributed by atoms with E-state index in [1.165, 1.54) is 25.9 Å². The van der Waals surface area contributed by atoms with Crippen LogP contribution in [-0.4, -0.2) is 15.0 Å². The van der Waals surface area contributed by atoms with Crippen LogP contribution in [0.3, 0.4) is 0 Å². The molecule has 8 aromatic carbocycles. The summed E-state index contributed by atoms with van der Waals surface area (Å²) in [7, 11) is 0. The fourth-order valence-corrected chi connectivity index (χ4v) is 9.11. The Hall–Kier alpha value is -7.72. The number of furan rings is 1. The minimum atomic E-state index is 0.557.